The molecule has 0 radical (unpaired) electrons. The molecule has 5 aromatic rings. The number of esters is 1. The van der Waals surface area contributed by atoms with Gasteiger partial charge in [-0.05, 0) is 54.6 Å². The van der Waals surface area contributed by atoms with E-state index in [4.69, 9.17) is 9.47 Å². The smallest absolute Gasteiger partial charge is 0.337 e. The highest BCUT2D eigenvalue weighted by molar-refractivity contribution is 6.10. The first-order valence-corrected chi connectivity index (χ1v) is 10.6. The molecule has 0 atom stereocenters. The van der Waals surface area contributed by atoms with Crippen LogP contribution in [-0.2, 0) is 11.3 Å². The van der Waals surface area contributed by atoms with Gasteiger partial charge in [-0.15, -0.1) is 0 Å². The summed E-state index contributed by atoms with van der Waals surface area (Å²) in [5.41, 5.74) is 4.17. The van der Waals surface area contributed by atoms with Crippen LogP contribution in [0.1, 0.15) is 15.9 Å². The van der Waals surface area contributed by atoms with E-state index in [2.05, 4.69) is 4.98 Å². The van der Waals surface area contributed by atoms with Crippen molar-refractivity contribution in [2.24, 2.45) is 0 Å². The van der Waals surface area contributed by atoms with Crippen molar-refractivity contribution in [1.29, 1.82) is 0 Å². The molecule has 0 saturated carbocycles. The highest BCUT2D eigenvalue weighted by Gasteiger charge is 2.23. The van der Waals surface area contributed by atoms with Gasteiger partial charge in [-0.3, -0.25) is 0 Å². The van der Waals surface area contributed by atoms with Crippen molar-refractivity contribution in [3.05, 3.63) is 95.7 Å². The molecule has 5 rings (SSSR count). The first kappa shape index (κ1) is 21.6. The Morgan fingerprint density at radius 2 is 1.74 bits per heavy atom. The van der Waals surface area contributed by atoms with Crippen LogP contribution in [0.3, 0.4) is 0 Å². The van der Waals surface area contributed by atoms with Crippen molar-refractivity contribution in [1.82, 2.24) is 4.98 Å². The molecule has 5 nitrogen and oxygen atoms in total. The van der Waals surface area contributed by atoms with Crippen LogP contribution in [0.4, 0.5) is 8.78 Å². The molecule has 0 aliphatic carbocycles. The molecule has 1 N–H and O–H groups in total. The fourth-order valence-electron chi connectivity index (χ4n) is 4.22. The Kier molecular flexibility index (Phi) is 5.45. The Hall–Kier alpha value is -4.26. The van der Waals surface area contributed by atoms with Crippen molar-refractivity contribution in [3.63, 3.8) is 0 Å². The summed E-state index contributed by atoms with van der Waals surface area (Å²) in [6.45, 7) is 0.189. The molecule has 34 heavy (non-hydrogen) atoms. The molecular weight excluding hydrogens is 438 g/mol. The molecule has 3 aromatic carbocycles. The van der Waals surface area contributed by atoms with Crippen LogP contribution in [-0.4, -0.2) is 25.2 Å². The summed E-state index contributed by atoms with van der Waals surface area (Å²) in [7, 11) is 2.95. The van der Waals surface area contributed by atoms with E-state index in [0.29, 0.717) is 11.1 Å². The SMILES string of the molecule is COC(=O)c1ccc(-c2c3[nH]c4ccc(OC)cc4c3cc[n+]2Cc2ccc(F)cc2F)cc1. The number of methoxy groups -OCH3 is 2. The van der Waals surface area contributed by atoms with E-state index in [1.54, 1.807) is 19.2 Å². The van der Waals surface area contributed by atoms with Crippen molar-refractivity contribution in [2.75, 3.05) is 14.2 Å². The van der Waals surface area contributed by atoms with Gasteiger partial charge < -0.3 is 14.5 Å². The fraction of sp³-hybridized carbons (Fsp3) is 0.111. The van der Waals surface area contributed by atoms with Gasteiger partial charge >= 0.3 is 5.97 Å². The highest BCUT2D eigenvalue weighted by atomic mass is 19.1. The lowest BCUT2D eigenvalue weighted by Crippen LogP contribution is -2.37. The average Bonchev–Trinajstić information content (AvgIpc) is 3.23. The third-order valence-corrected chi connectivity index (χ3v) is 5.93. The van der Waals surface area contributed by atoms with Gasteiger partial charge in [0.2, 0.25) is 5.69 Å². The number of aromatic amines is 1. The number of H-pyrrole nitrogens is 1. The predicted octanol–water partition coefficient (Wildman–Crippen LogP) is 5.40. The van der Waals surface area contributed by atoms with Gasteiger partial charge in [0.1, 0.15) is 22.9 Å². The minimum Gasteiger partial charge on any atom is -0.497 e. The lowest BCUT2D eigenvalue weighted by Gasteiger charge is -2.08. The summed E-state index contributed by atoms with van der Waals surface area (Å²) in [5.74, 6) is -0.919. The number of ether oxygens (including phenoxy) is 2. The number of nitrogens with zero attached hydrogens (tertiary/aromatic N) is 1. The van der Waals surface area contributed by atoms with Crippen LogP contribution in [0, 0.1) is 11.6 Å². The molecule has 0 bridgehead atoms. The first-order valence-electron chi connectivity index (χ1n) is 10.6. The van der Waals surface area contributed by atoms with Crippen molar-refractivity contribution in [2.45, 2.75) is 6.54 Å². The van der Waals surface area contributed by atoms with E-state index in [-0.39, 0.29) is 6.54 Å². The lowest BCUT2D eigenvalue weighted by atomic mass is 10.0. The van der Waals surface area contributed by atoms with Crippen molar-refractivity contribution >= 4 is 27.8 Å². The van der Waals surface area contributed by atoms with Gasteiger partial charge in [0.25, 0.3) is 0 Å². The van der Waals surface area contributed by atoms with Gasteiger partial charge in [-0.25, -0.2) is 13.6 Å². The maximum Gasteiger partial charge on any atom is 0.337 e. The van der Waals surface area contributed by atoms with E-state index < -0.39 is 17.6 Å². The number of halogens is 2. The maximum absolute atomic E-state index is 14.5. The first-order chi connectivity index (χ1) is 16.5. The number of rotatable bonds is 5. The quantitative estimate of drug-likeness (QED) is 0.283. The second-order valence-corrected chi connectivity index (χ2v) is 7.92. The van der Waals surface area contributed by atoms with Gasteiger partial charge in [0.15, 0.2) is 12.7 Å². The van der Waals surface area contributed by atoms with Gasteiger partial charge in [-0.2, -0.15) is 4.57 Å². The summed E-state index contributed by atoms with van der Waals surface area (Å²) >= 11 is 0. The molecule has 0 fully saturated rings. The molecule has 0 amide bonds. The average molecular weight is 459 g/mol. The molecule has 2 heterocycles. The third-order valence-electron chi connectivity index (χ3n) is 5.93. The zero-order chi connectivity index (χ0) is 23.8. The summed E-state index contributed by atoms with van der Waals surface area (Å²) in [4.78, 5) is 15.4. The van der Waals surface area contributed by atoms with Crippen LogP contribution >= 0.6 is 0 Å². The zero-order valence-corrected chi connectivity index (χ0v) is 18.6. The minimum atomic E-state index is -0.620. The van der Waals surface area contributed by atoms with Crippen LogP contribution in [0.5, 0.6) is 5.75 Å². The molecular formula is C27H21F2N2O3+. The van der Waals surface area contributed by atoms with Crippen LogP contribution in [0.2, 0.25) is 0 Å². The normalized spacial score (nSPS) is 11.2. The Balaban J connectivity index is 1.73. The summed E-state index contributed by atoms with van der Waals surface area (Å²) in [5, 5.41) is 1.96. The Bertz CT molecular complexity index is 1540. The van der Waals surface area contributed by atoms with E-state index in [9.17, 15) is 13.6 Å². The number of fused-ring (bicyclic) bond motifs is 3. The number of nitrogens with one attached hydrogen (secondary N) is 1. The van der Waals surface area contributed by atoms with E-state index in [1.165, 1.54) is 19.2 Å². The van der Waals surface area contributed by atoms with Gasteiger partial charge in [-0.1, -0.05) is 0 Å². The maximum atomic E-state index is 14.5. The Morgan fingerprint density at radius 1 is 0.941 bits per heavy atom. The van der Waals surface area contributed by atoms with E-state index >= 15 is 0 Å². The largest absolute Gasteiger partial charge is 0.497 e. The summed E-state index contributed by atoms with van der Waals surface area (Å²) < 4.78 is 40.0. The number of pyridine rings is 1. The number of hydrogen-bond donors (Lipinski definition) is 1. The topological polar surface area (TPSA) is 55.2 Å². The molecule has 0 aliphatic heterocycles. The van der Waals surface area contributed by atoms with Gasteiger partial charge in [0, 0.05) is 34.0 Å². The molecule has 0 unspecified atom stereocenters. The van der Waals surface area contributed by atoms with Crippen LogP contribution < -0.4 is 9.30 Å². The molecule has 7 heteroatoms. The van der Waals surface area contributed by atoms with Gasteiger partial charge in [0.05, 0.1) is 25.3 Å². The second-order valence-electron chi connectivity index (χ2n) is 7.92. The van der Waals surface area contributed by atoms with Crippen molar-refractivity contribution < 1.29 is 27.6 Å². The lowest BCUT2D eigenvalue weighted by molar-refractivity contribution is -0.676. The Labute approximate surface area is 194 Å². The second kappa shape index (κ2) is 8.59. The van der Waals surface area contributed by atoms with E-state index in [0.717, 1.165) is 44.9 Å². The monoisotopic (exact) mass is 459 g/mol. The number of hydrogen-bond acceptors (Lipinski definition) is 3. The van der Waals surface area contributed by atoms with Crippen molar-refractivity contribution in [3.8, 4) is 17.0 Å². The Morgan fingerprint density at radius 3 is 2.44 bits per heavy atom. The molecule has 170 valence electrons. The highest BCUT2D eigenvalue weighted by Crippen LogP contribution is 2.33. The fourth-order valence-corrected chi connectivity index (χ4v) is 4.22. The van der Waals surface area contributed by atoms with Crippen LogP contribution in [0.15, 0.2) is 72.9 Å². The minimum absolute atomic E-state index is 0.189. The summed E-state index contributed by atoms with van der Waals surface area (Å²) in [6, 6.07) is 18.3. The standard InChI is InChI=1S/C27H20F2N2O3/c1-33-20-9-10-24-22(14-20)21-11-12-31(15-18-7-8-19(28)13-23(18)29)26(25(21)30-24)16-3-5-17(6-4-16)27(32)34-2/h3-14H,15H2,1-2H3/p+1. The van der Waals surface area contributed by atoms with E-state index in [1.807, 2.05) is 47.2 Å². The number of aromatic nitrogens is 2. The zero-order valence-electron chi connectivity index (χ0n) is 18.6. The molecule has 0 aliphatic rings. The van der Waals surface area contributed by atoms with Crippen LogP contribution in [0.25, 0.3) is 33.1 Å². The predicted molar refractivity (Wildman–Crippen MR) is 125 cm³/mol. The molecule has 0 saturated heterocycles. The molecule has 0 spiro atoms. The number of benzene rings is 3. The number of carbonyl (C=O) groups is 1. The molecule has 2 aromatic heterocycles. The third kappa shape index (κ3) is 3.75. The number of carbonyl (C=O) groups excluding carboxylic acids is 1. The summed E-state index contributed by atoms with van der Waals surface area (Å²) in [6.07, 6.45) is 1.88.